The van der Waals surface area contributed by atoms with E-state index in [2.05, 4.69) is 15.0 Å². The third kappa shape index (κ3) is 3.21. The quantitative estimate of drug-likeness (QED) is 0.843. The van der Waals surface area contributed by atoms with E-state index in [1.54, 1.807) is 4.90 Å². The molecule has 5 nitrogen and oxygen atoms in total. The maximum absolute atomic E-state index is 13.0. The highest BCUT2D eigenvalue weighted by Crippen LogP contribution is 2.38. The van der Waals surface area contributed by atoms with Crippen LogP contribution in [0.5, 0.6) is 0 Å². The van der Waals surface area contributed by atoms with Gasteiger partial charge in [0, 0.05) is 32.4 Å². The molecule has 116 valence electrons. The molecule has 0 aromatic carbocycles. The highest BCUT2D eigenvalue weighted by molar-refractivity contribution is 6.36. The average Bonchev–Trinajstić information content (AvgIpc) is 2.46. The van der Waals surface area contributed by atoms with Gasteiger partial charge in [-0.2, -0.15) is 13.2 Å². The Bertz CT molecular complexity index is 545. The lowest BCUT2D eigenvalue weighted by molar-refractivity contribution is -0.138. The fourth-order valence-electron chi connectivity index (χ4n) is 2.09. The third-order valence-electron chi connectivity index (χ3n) is 3.11. The maximum Gasteiger partial charge on any atom is 0.418 e. The molecule has 0 radical (unpaired) electrons. The minimum absolute atomic E-state index is 0.159. The van der Waals surface area contributed by atoms with Crippen LogP contribution in [0.4, 0.5) is 19.0 Å². The van der Waals surface area contributed by atoms with Crippen LogP contribution >= 0.6 is 11.6 Å². The zero-order valence-electron chi connectivity index (χ0n) is 11.1. The number of ether oxygens (including phenoxy) is 1. The minimum atomic E-state index is -4.73. The second kappa shape index (κ2) is 6.07. The predicted molar refractivity (Wildman–Crippen MR) is 70.7 cm³/mol. The number of piperazine rings is 1. The molecule has 0 bridgehead atoms. The summed E-state index contributed by atoms with van der Waals surface area (Å²) in [5, 5.41) is 2.77. The first-order valence-electron chi connectivity index (χ1n) is 6.16. The van der Waals surface area contributed by atoms with Crippen molar-refractivity contribution >= 4 is 23.4 Å². The number of pyridine rings is 1. The number of rotatable bonds is 2. The lowest BCUT2D eigenvalue weighted by atomic mass is 10.1. The Morgan fingerprint density at radius 2 is 2.05 bits per heavy atom. The van der Waals surface area contributed by atoms with E-state index in [-0.39, 0.29) is 10.8 Å². The standard InChI is InChI=1S/C12H13ClF3N3O2/c1-21-11(20)8-7(12(14,15)16)6-18-10(9(8)13)19-4-2-17-3-5-19/h6,17H,2-5H2,1H3. The number of alkyl halides is 3. The number of nitrogens with zero attached hydrogens (tertiary/aromatic N) is 2. The molecule has 1 N–H and O–H groups in total. The van der Waals surface area contributed by atoms with Crippen LogP contribution < -0.4 is 10.2 Å². The van der Waals surface area contributed by atoms with Crippen molar-refractivity contribution in [2.75, 3.05) is 38.2 Å². The normalized spacial score (nSPS) is 16.0. The molecule has 0 unspecified atom stereocenters. The lowest BCUT2D eigenvalue weighted by Crippen LogP contribution is -2.44. The molecular weight excluding hydrogens is 311 g/mol. The van der Waals surface area contributed by atoms with Gasteiger partial charge in [-0.1, -0.05) is 11.6 Å². The number of carbonyl (C=O) groups excluding carboxylic acids is 1. The Balaban J connectivity index is 2.53. The first kappa shape index (κ1) is 15.8. The molecule has 1 aromatic heterocycles. The molecule has 0 saturated carbocycles. The second-order valence-electron chi connectivity index (χ2n) is 4.41. The van der Waals surface area contributed by atoms with Crippen molar-refractivity contribution in [3.05, 3.63) is 22.3 Å². The maximum atomic E-state index is 13.0. The summed E-state index contributed by atoms with van der Waals surface area (Å²) in [6.45, 7) is 2.40. The highest BCUT2D eigenvalue weighted by Gasteiger charge is 2.39. The number of esters is 1. The first-order chi connectivity index (χ1) is 9.86. The van der Waals surface area contributed by atoms with Gasteiger partial charge in [0.15, 0.2) is 0 Å². The van der Waals surface area contributed by atoms with E-state index in [0.717, 1.165) is 7.11 Å². The number of anilines is 1. The van der Waals surface area contributed by atoms with Crippen LogP contribution in [0.15, 0.2) is 6.20 Å². The van der Waals surface area contributed by atoms with Crippen LogP contribution in [-0.4, -0.2) is 44.2 Å². The summed E-state index contributed by atoms with van der Waals surface area (Å²) in [4.78, 5) is 17.2. The Kier molecular flexibility index (Phi) is 4.58. The number of hydrogen-bond acceptors (Lipinski definition) is 5. The number of aromatic nitrogens is 1. The van der Waals surface area contributed by atoms with Gasteiger partial charge >= 0.3 is 12.1 Å². The fourth-order valence-corrected chi connectivity index (χ4v) is 2.44. The number of nitrogens with one attached hydrogen (secondary N) is 1. The zero-order valence-corrected chi connectivity index (χ0v) is 11.9. The predicted octanol–water partition coefficient (Wildman–Crippen LogP) is 1.95. The number of hydrogen-bond donors (Lipinski definition) is 1. The zero-order chi connectivity index (χ0) is 15.6. The van der Waals surface area contributed by atoms with Gasteiger partial charge in [0.05, 0.1) is 23.3 Å². The molecule has 21 heavy (non-hydrogen) atoms. The van der Waals surface area contributed by atoms with Crippen molar-refractivity contribution in [2.45, 2.75) is 6.18 Å². The molecule has 1 aliphatic rings. The fraction of sp³-hybridized carbons (Fsp3) is 0.500. The van der Waals surface area contributed by atoms with Gasteiger partial charge in [-0.25, -0.2) is 9.78 Å². The largest absolute Gasteiger partial charge is 0.465 e. The average molecular weight is 324 g/mol. The number of carbonyl (C=O) groups is 1. The van der Waals surface area contributed by atoms with Crippen LogP contribution in [0.3, 0.4) is 0 Å². The van der Waals surface area contributed by atoms with Crippen molar-refractivity contribution in [1.29, 1.82) is 0 Å². The van der Waals surface area contributed by atoms with E-state index < -0.39 is 23.3 Å². The molecule has 1 aromatic rings. The van der Waals surface area contributed by atoms with Crippen molar-refractivity contribution < 1.29 is 22.7 Å². The third-order valence-corrected chi connectivity index (χ3v) is 3.47. The molecule has 0 amide bonds. The van der Waals surface area contributed by atoms with Crippen LogP contribution in [-0.2, 0) is 10.9 Å². The highest BCUT2D eigenvalue weighted by atomic mass is 35.5. The topological polar surface area (TPSA) is 54.5 Å². The van der Waals surface area contributed by atoms with Crippen molar-refractivity contribution in [3.63, 3.8) is 0 Å². The lowest BCUT2D eigenvalue weighted by Gasteiger charge is -2.29. The van der Waals surface area contributed by atoms with Gasteiger partial charge in [0.2, 0.25) is 0 Å². The van der Waals surface area contributed by atoms with Gasteiger partial charge in [0.25, 0.3) is 0 Å². The van der Waals surface area contributed by atoms with Crippen LogP contribution in [0.1, 0.15) is 15.9 Å². The summed E-state index contributed by atoms with van der Waals surface area (Å²) in [7, 11) is 1.00. The Morgan fingerprint density at radius 3 is 2.57 bits per heavy atom. The van der Waals surface area contributed by atoms with Crippen molar-refractivity contribution in [3.8, 4) is 0 Å². The molecule has 2 rings (SSSR count). The van der Waals surface area contributed by atoms with E-state index in [0.29, 0.717) is 32.4 Å². The molecule has 1 fully saturated rings. The Labute approximate surface area is 124 Å². The van der Waals surface area contributed by atoms with Crippen LogP contribution in [0.2, 0.25) is 5.02 Å². The summed E-state index contributed by atoms with van der Waals surface area (Å²) in [6.07, 6.45) is -4.11. The molecule has 9 heteroatoms. The van der Waals surface area contributed by atoms with E-state index in [1.165, 1.54) is 0 Å². The Hall–Kier alpha value is -1.54. The van der Waals surface area contributed by atoms with E-state index in [1.807, 2.05) is 0 Å². The second-order valence-corrected chi connectivity index (χ2v) is 4.79. The molecule has 2 heterocycles. The monoisotopic (exact) mass is 323 g/mol. The van der Waals surface area contributed by atoms with E-state index in [9.17, 15) is 18.0 Å². The summed E-state index contributed by atoms with van der Waals surface area (Å²) in [5.74, 6) is -0.974. The van der Waals surface area contributed by atoms with Crippen LogP contribution in [0.25, 0.3) is 0 Å². The molecule has 0 aliphatic carbocycles. The summed E-state index contributed by atoms with van der Waals surface area (Å²) in [5.41, 5.74) is -1.89. The van der Waals surface area contributed by atoms with Gasteiger partial charge < -0.3 is 15.0 Å². The SMILES string of the molecule is COC(=O)c1c(C(F)(F)F)cnc(N2CCNCC2)c1Cl. The summed E-state index contributed by atoms with van der Waals surface area (Å²) >= 11 is 6.00. The van der Waals surface area contributed by atoms with Crippen LogP contribution in [0, 0.1) is 0 Å². The summed E-state index contributed by atoms with van der Waals surface area (Å²) < 4.78 is 43.3. The van der Waals surface area contributed by atoms with Gasteiger partial charge in [-0.15, -0.1) is 0 Å². The van der Waals surface area contributed by atoms with E-state index in [4.69, 9.17) is 11.6 Å². The van der Waals surface area contributed by atoms with Gasteiger partial charge in [0.1, 0.15) is 5.82 Å². The van der Waals surface area contributed by atoms with E-state index >= 15 is 0 Å². The number of methoxy groups -OCH3 is 1. The minimum Gasteiger partial charge on any atom is -0.465 e. The smallest absolute Gasteiger partial charge is 0.418 e. The van der Waals surface area contributed by atoms with Gasteiger partial charge in [-0.3, -0.25) is 0 Å². The molecule has 0 atom stereocenters. The van der Waals surface area contributed by atoms with Gasteiger partial charge in [-0.05, 0) is 0 Å². The molecule has 0 spiro atoms. The number of halogens is 4. The first-order valence-corrected chi connectivity index (χ1v) is 6.53. The molecular formula is C12H13ClF3N3O2. The Morgan fingerprint density at radius 1 is 1.43 bits per heavy atom. The molecule has 1 aliphatic heterocycles. The summed E-state index contributed by atoms with van der Waals surface area (Å²) in [6, 6.07) is 0. The van der Waals surface area contributed by atoms with Crippen molar-refractivity contribution in [2.24, 2.45) is 0 Å². The van der Waals surface area contributed by atoms with Crippen molar-refractivity contribution in [1.82, 2.24) is 10.3 Å². The molecule has 1 saturated heterocycles.